The highest BCUT2D eigenvalue weighted by Crippen LogP contribution is 2.30. The molecule has 0 saturated carbocycles. The molecule has 0 unspecified atom stereocenters. The zero-order chi connectivity index (χ0) is 16.6. The van der Waals surface area contributed by atoms with Crippen LogP contribution in [0.1, 0.15) is 35.5 Å². The lowest BCUT2D eigenvalue weighted by Gasteiger charge is -2.32. The minimum Gasteiger partial charge on any atom is -0.378 e. The van der Waals surface area contributed by atoms with Crippen molar-refractivity contribution in [1.82, 2.24) is 9.30 Å². The Balaban J connectivity index is 2.24. The fraction of sp³-hybridized carbons (Fsp3) is 0.389. The van der Waals surface area contributed by atoms with Crippen molar-refractivity contribution in [2.45, 2.75) is 20.8 Å². The van der Waals surface area contributed by atoms with E-state index >= 15 is 0 Å². The highest BCUT2D eigenvalue weighted by atomic mass is 79.9. The number of rotatable bonds is 3. The maximum absolute atomic E-state index is 12.1. The molecule has 0 aliphatic carbocycles. The van der Waals surface area contributed by atoms with Gasteiger partial charge in [-0.05, 0) is 54.4 Å². The van der Waals surface area contributed by atoms with Crippen LogP contribution in [0.2, 0.25) is 0 Å². The first-order valence-corrected chi connectivity index (χ1v) is 8.63. The molecular weight excluding hydrogens is 356 g/mol. The minimum atomic E-state index is 0.0982. The topological polar surface area (TPSA) is 34.0 Å². The number of ether oxygens (including phenoxy) is 1. The van der Waals surface area contributed by atoms with E-state index in [9.17, 15) is 4.79 Å². The van der Waals surface area contributed by atoms with Gasteiger partial charge in [-0.2, -0.15) is 0 Å². The monoisotopic (exact) mass is 376 g/mol. The Kier molecular flexibility index (Phi) is 4.60. The highest BCUT2D eigenvalue weighted by Gasteiger charge is 2.21. The predicted octanol–water partition coefficient (Wildman–Crippen LogP) is 3.91. The Hall–Kier alpha value is -1.59. The fourth-order valence-corrected chi connectivity index (χ4v) is 3.71. The van der Waals surface area contributed by atoms with Crippen molar-refractivity contribution in [1.29, 1.82) is 0 Å². The summed E-state index contributed by atoms with van der Waals surface area (Å²) >= 11 is 3.55. The van der Waals surface area contributed by atoms with E-state index in [4.69, 9.17) is 4.74 Å². The van der Waals surface area contributed by atoms with Gasteiger partial charge in [0.25, 0.3) is 0 Å². The number of aromatic nitrogens is 1. The largest absolute Gasteiger partial charge is 0.378 e. The predicted molar refractivity (Wildman–Crippen MR) is 95.9 cm³/mol. The molecule has 4 nitrogen and oxygen atoms in total. The molecule has 1 aliphatic rings. The molecule has 0 spiro atoms. The lowest BCUT2D eigenvalue weighted by Crippen LogP contribution is -2.35. The van der Waals surface area contributed by atoms with Gasteiger partial charge in [0, 0.05) is 34.8 Å². The SMILES string of the molecule is C/C=C(/c1c(C)c(C(C)=O)cc2cc(Br)cn12)N1CCOCC1. The minimum absolute atomic E-state index is 0.0982. The summed E-state index contributed by atoms with van der Waals surface area (Å²) in [6.45, 7) is 8.92. The summed E-state index contributed by atoms with van der Waals surface area (Å²) in [6.07, 6.45) is 4.19. The Morgan fingerprint density at radius 3 is 2.61 bits per heavy atom. The maximum Gasteiger partial charge on any atom is 0.160 e. The second kappa shape index (κ2) is 6.49. The number of fused-ring (bicyclic) bond motifs is 1. The first-order chi connectivity index (χ1) is 11.0. The first kappa shape index (κ1) is 16.3. The molecule has 23 heavy (non-hydrogen) atoms. The third-order valence-electron chi connectivity index (χ3n) is 4.36. The normalized spacial score (nSPS) is 16.2. The Morgan fingerprint density at radius 1 is 1.30 bits per heavy atom. The van der Waals surface area contributed by atoms with Crippen LogP contribution in [0.15, 0.2) is 28.9 Å². The van der Waals surface area contributed by atoms with Gasteiger partial charge in [0.15, 0.2) is 5.78 Å². The van der Waals surface area contributed by atoms with Gasteiger partial charge in [0.05, 0.1) is 24.6 Å². The van der Waals surface area contributed by atoms with Crippen molar-refractivity contribution in [3.05, 3.63) is 45.7 Å². The first-order valence-electron chi connectivity index (χ1n) is 7.84. The molecule has 0 N–H and O–H groups in total. The second-order valence-corrected chi connectivity index (χ2v) is 6.73. The third kappa shape index (κ3) is 2.95. The number of allylic oxidation sites excluding steroid dienone is 1. The van der Waals surface area contributed by atoms with Crippen LogP contribution in [0.3, 0.4) is 0 Å². The second-order valence-electron chi connectivity index (χ2n) is 5.81. The molecule has 3 rings (SSSR count). The molecule has 5 heteroatoms. The molecule has 122 valence electrons. The van der Waals surface area contributed by atoms with Crippen LogP contribution in [0.4, 0.5) is 0 Å². The molecule has 2 aromatic heterocycles. The number of hydrogen-bond acceptors (Lipinski definition) is 3. The highest BCUT2D eigenvalue weighted by molar-refractivity contribution is 9.10. The van der Waals surface area contributed by atoms with Gasteiger partial charge in [-0.1, -0.05) is 6.08 Å². The smallest absolute Gasteiger partial charge is 0.160 e. The van der Waals surface area contributed by atoms with Crippen LogP contribution in [0, 0.1) is 6.92 Å². The van der Waals surface area contributed by atoms with Gasteiger partial charge >= 0.3 is 0 Å². The van der Waals surface area contributed by atoms with Crippen LogP contribution in [0.5, 0.6) is 0 Å². The Labute approximate surface area is 144 Å². The number of carbonyl (C=O) groups excluding carboxylic acids is 1. The van der Waals surface area contributed by atoms with Gasteiger partial charge in [-0.3, -0.25) is 4.79 Å². The molecule has 0 radical (unpaired) electrons. The molecule has 0 aromatic carbocycles. The number of Topliss-reactive ketones (excluding diaryl/α,β-unsaturated/α-hetero) is 1. The summed E-state index contributed by atoms with van der Waals surface area (Å²) in [6, 6.07) is 4.01. The molecule has 0 amide bonds. The Morgan fingerprint density at radius 2 is 2.00 bits per heavy atom. The van der Waals surface area contributed by atoms with E-state index in [0.717, 1.165) is 58.8 Å². The number of morpholine rings is 1. The van der Waals surface area contributed by atoms with Crippen LogP contribution in [-0.4, -0.2) is 41.4 Å². The average Bonchev–Trinajstić information content (AvgIpc) is 2.90. The van der Waals surface area contributed by atoms with Crippen LogP contribution < -0.4 is 0 Å². The number of halogens is 1. The number of ketones is 1. The van der Waals surface area contributed by atoms with Crippen molar-refractivity contribution in [2.75, 3.05) is 26.3 Å². The van der Waals surface area contributed by atoms with E-state index in [1.165, 1.54) is 0 Å². The summed E-state index contributed by atoms with van der Waals surface area (Å²) in [7, 11) is 0. The van der Waals surface area contributed by atoms with Gasteiger partial charge in [0.1, 0.15) is 0 Å². The lowest BCUT2D eigenvalue weighted by molar-refractivity contribution is 0.0637. The molecule has 1 aliphatic heterocycles. The maximum atomic E-state index is 12.1. The zero-order valence-electron chi connectivity index (χ0n) is 13.7. The zero-order valence-corrected chi connectivity index (χ0v) is 15.3. The van der Waals surface area contributed by atoms with Gasteiger partial charge in [-0.15, -0.1) is 0 Å². The molecule has 1 saturated heterocycles. The van der Waals surface area contributed by atoms with E-state index in [0.29, 0.717) is 0 Å². The van der Waals surface area contributed by atoms with Crippen LogP contribution in [0.25, 0.3) is 11.2 Å². The molecule has 1 fully saturated rings. The van der Waals surface area contributed by atoms with Gasteiger partial charge in [0.2, 0.25) is 0 Å². The van der Waals surface area contributed by atoms with Crippen molar-refractivity contribution in [3.8, 4) is 0 Å². The molecule has 2 aromatic rings. The van der Waals surface area contributed by atoms with Crippen molar-refractivity contribution in [2.24, 2.45) is 0 Å². The van der Waals surface area contributed by atoms with Gasteiger partial charge < -0.3 is 14.0 Å². The van der Waals surface area contributed by atoms with Crippen LogP contribution >= 0.6 is 15.9 Å². The summed E-state index contributed by atoms with van der Waals surface area (Å²) < 4.78 is 8.65. The number of carbonyl (C=O) groups is 1. The number of pyridine rings is 1. The molecule has 0 bridgehead atoms. The standard InChI is InChI=1S/C18H21BrN2O2/c1-4-17(20-5-7-23-8-6-20)18-12(2)16(13(3)22)10-15-9-14(19)11-21(15)18/h4,9-11H,5-8H2,1-3H3/b17-4-. The number of hydrogen-bond donors (Lipinski definition) is 0. The summed E-state index contributed by atoms with van der Waals surface area (Å²) in [5.74, 6) is 0.0982. The lowest BCUT2D eigenvalue weighted by atomic mass is 10.0. The van der Waals surface area contributed by atoms with E-state index in [1.807, 2.05) is 19.1 Å². The quantitative estimate of drug-likeness (QED) is 0.761. The van der Waals surface area contributed by atoms with Crippen molar-refractivity contribution >= 4 is 32.9 Å². The molecule has 0 atom stereocenters. The summed E-state index contributed by atoms with van der Waals surface area (Å²) in [5.41, 5.74) is 5.07. The van der Waals surface area contributed by atoms with E-state index in [2.05, 4.69) is 44.4 Å². The molecular formula is C18H21BrN2O2. The van der Waals surface area contributed by atoms with Crippen molar-refractivity contribution < 1.29 is 9.53 Å². The fourth-order valence-electron chi connectivity index (χ4n) is 3.27. The average molecular weight is 377 g/mol. The number of nitrogens with zero attached hydrogens (tertiary/aromatic N) is 2. The van der Waals surface area contributed by atoms with Crippen molar-refractivity contribution in [3.63, 3.8) is 0 Å². The Bertz CT molecular complexity index is 786. The van der Waals surface area contributed by atoms with Gasteiger partial charge in [-0.25, -0.2) is 0 Å². The van der Waals surface area contributed by atoms with E-state index in [-0.39, 0.29) is 5.78 Å². The van der Waals surface area contributed by atoms with E-state index in [1.54, 1.807) is 6.92 Å². The summed E-state index contributed by atoms with van der Waals surface area (Å²) in [5, 5.41) is 0. The third-order valence-corrected chi connectivity index (χ3v) is 4.79. The van der Waals surface area contributed by atoms with Crippen LogP contribution in [-0.2, 0) is 4.74 Å². The summed E-state index contributed by atoms with van der Waals surface area (Å²) in [4.78, 5) is 14.4. The van der Waals surface area contributed by atoms with E-state index < -0.39 is 0 Å². The molecule has 3 heterocycles.